The fourth-order valence-corrected chi connectivity index (χ4v) is 4.08. The van der Waals surface area contributed by atoms with Crippen molar-refractivity contribution < 1.29 is 4.39 Å². The van der Waals surface area contributed by atoms with Gasteiger partial charge in [-0.3, -0.25) is 4.90 Å². The third-order valence-electron chi connectivity index (χ3n) is 5.57. The highest BCUT2D eigenvalue weighted by Crippen LogP contribution is 2.33. The summed E-state index contributed by atoms with van der Waals surface area (Å²) in [4.78, 5) is 2.52. The monoisotopic (exact) mass is 362 g/mol. The number of halogens is 1. The largest absolute Gasteiger partial charge is 0.350 e. The summed E-state index contributed by atoms with van der Waals surface area (Å²) in [6.07, 6.45) is 3.30. The van der Waals surface area contributed by atoms with Crippen molar-refractivity contribution >= 4 is 0 Å². The molecular weight excluding hydrogens is 335 g/mol. The maximum Gasteiger partial charge on any atom is 0.123 e. The maximum absolute atomic E-state index is 13.3. The van der Waals surface area contributed by atoms with Crippen molar-refractivity contribution in [2.45, 2.75) is 45.3 Å². The summed E-state index contributed by atoms with van der Waals surface area (Å²) in [6.45, 7) is 7.35. The van der Waals surface area contributed by atoms with Crippen LogP contribution < -0.4 is 0 Å². The van der Waals surface area contributed by atoms with Gasteiger partial charge in [0.1, 0.15) is 5.82 Å². The molecule has 2 aromatic carbocycles. The Morgan fingerprint density at radius 2 is 1.70 bits per heavy atom. The summed E-state index contributed by atoms with van der Waals surface area (Å²) in [6, 6.07) is 20.6. The van der Waals surface area contributed by atoms with E-state index in [2.05, 4.69) is 65.9 Å². The van der Waals surface area contributed by atoms with Crippen molar-refractivity contribution in [2.75, 3.05) is 6.54 Å². The van der Waals surface area contributed by atoms with Gasteiger partial charge in [0.25, 0.3) is 0 Å². The fourth-order valence-electron chi connectivity index (χ4n) is 4.08. The van der Waals surface area contributed by atoms with Crippen molar-refractivity contribution in [2.24, 2.45) is 0 Å². The third kappa shape index (κ3) is 3.84. The molecule has 4 rings (SSSR count). The standard InChI is InChI=1S/C24H27FN2/c1-18(2)20-8-10-21(11-9-20)24-23-5-3-14-26(23)15-4-16-27(24)17-19-6-12-22(25)13-7-19/h3,5-14,18,24H,4,15-17H2,1-2H3. The van der Waals surface area contributed by atoms with Crippen LogP contribution >= 0.6 is 0 Å². The summed E-state index contributed by atoms with van der Waals surface area (Å²) in [5.41, 5.74) is 5.18. The highest BCUT2D eigenvalue weighted by atomic mass is 19.1. The first-order valence-corrected chi connectivity index (χ1v) is 9.85. The van der Waals surface area contributed by atoms with Gasteiger partial charge in [0, 0.05) is 31.5 Å². The molecule has 1 aliphatic rings. The van der Waals surface area contributed by atoms with E-state index in [0.29, 0.717) is 5.92 Å². The molecule has 2 heterocycles. The first-order chi connectivity index (χ1) is 13.1. The molecule has 3 aromatic rings. The molecule has 0 saturated heterocycles. The number of aryl methyl sites for hydroxylation is 1. The molecule has 1 atom stereocenters. The van der Waals surface area contributed by atoms with Crippen LogP contribution in [0.4, 0.5) is 4.39 Å². The van der Waals surface area contributed by atoms with Crippen LogP contribution in [0.1, 0.15) is 54.6 Å². The predicted octanol–water partition coefficient (Wildman–Crippen LogP) is 5.75. The number of aromatic nitrogens is 1. The summed E-state index contributed by atoms with van der Waals surface area (Å²) >= 11 is 0. The first kappa shape index (κ1) is 18.0. The summed E-state index contributed by atoms with van der Waals surface area (Å²) < 4.78 is 15.7. The van der Waals surface area contributed by atoms with Gasteiger partial charge in [-0.2, -0.15) is 0 Å². The van der Waals surface area contributed by atoms with Crippen LogP contribution in [0, 0.1) is 5.82 Å². The first-order valence-electron chi connectivity index (χ1n) is 9.85. The van der Waals surface area contributed by atoms with Crippen LogP contribution in [0.25, 0.3) is 0 Å². The summed E-state index contributed by atoms with van der Waals surface area (Å²) in [5, 5.41) is 0. The summed E-state index contributed by atoms with van der Waals surface area (Å²) in [7, 11) is 0. The highest BCUT2D eigenvalue weighted by molar-refractivity contribution is 5.33. The Hall–Kier alpha value is -2.39. The number of hydrogen-bond acceptors (Lipinski definition) is 1. The van der Waals surface area contributed by atoms with Gasteiger partial charge in [-0.25, -0.2) is 4.39 Å². The molecule has 0 radical (unpaired) electrons. The maximum atomic E-state index is 13.3. The molecule has 0 amide bonds. The third-order valence-corrected chi connectivity index (χ3v) is 5.57. The topological polar surface area (TPSA) is 8.17 Å². The van der Waals surface area contributed by atoms with Crippen molar-refractivity contribution in [3.05, 3.63) is 95.1 Å². The Morgan fingerprint density at radius 1 is 0.963 bits per heavy atom. The van der Waals surface area contributed by atoms with Crippen molar-refractivity contribution in [1.29, 1.82) is 0 Å². The fraction of sp³-hybridized carbons (Fsp3) is 0.333. The SMILES string of the molecule is CC(C)c1ccc(C2c3cccn3CCCN2Cc2ccc(F)cc2)cc1. The molecule has 140 valence electrons. The Bertz CT molecular complexity index is 878. The molecule has 0 aliphatic carbocycles. The van der Waals surface area contributed by atoms with Gasteiger partial charge in [0.2, 0.25) is 0 Å². The molecule has 1 aromatic heterocycles. The number of fused-ring (bicyclic) bond motifs is 1. The van der Waals surface area contributed by atoms with Crippen molar-refractivity contribution in [3.8, 4) is 0 Å². The van der Waals surface area contributed by atoms with E-state index in [1.807, 2.05) is 12.1 Å². The lowest BCUT2D eigenvalue weighted by Gasteiger charge is -2.31. The van der Waals surface area contributed by atoms with E-state index in [0.717, 1.165) is 31.6 Å². The van der Waals surface area contributed by atoms with Gasteiger partial charge in [0.05, 0.1) is 6.04 Å². The second kappa shape index (κ2) is 7.69. The molecule has 0 bridgehead atoms. The molecule has 1 unspecified atom stereocenters. The molecule has 0 fully saturated rings. The zero-order valence-electron chi connectivity index (χ0n) is 16.1. The lowest BCUT2D eigenvalue weighted by Crippen LogP contribution is -2.29. The number of rotatable bonds is 4. The van der Waals surface area contributed by atoms with Crippen LogP contribution in [-0.4, -0.2) is 16.0 Å². The second-order valence-electron chi connectivity index (χ2n) is 7.80. The minimum atomic E-state index is -0.177. The van der Waals surface area contributed by atoms with Gasteiger partial charge in [-0.05, 0) is 53.3 Å². The minimum Gasteiger partial charge on any atom is -0.350 e. The predicted molar refractivity (Wildman–Crippen MR) is 108 cm³/mol. The van der Waals surface area contributed by atoms with Crippen LogP contribution in [0.2, 0.25) is 0 Å². The van der Waals surface area contributed by atoms with Gasteiger partial charge in [-0.15, -0.1) is 0 Å². The van der Waals surface area contributed by atoms with E-state index in [9.17, 15) is 4.39 Å². The minimum absolute atomic E-state index is 0.177. The van der Waals surface area contributed by atoms with Crippen LogP contribution in [0.3, 0.4) is 0 Å². The molecule has 3 heteroatoms. The van der Waals surface area contributed by atoms with E-state index in [-0.39, 0.29) is 11.9 Å². The molecule has 0 N–H and O–H groups in total. The highest BCUT2D eigenvalue weighted by Gasteiger charge is 2.27. The molecule has 0 spiro atoms. The quantitative estimate of drug-likeness (QED) is 0.574. The van der Waals surface area contributed by atoms with E-state index >= 15 is 0 Å². The smallest absolute Gasteiger partial charge is 0.123 e. The number of hydrogen-bond donors (Lipinski definition) is 0. The summed E-state index contributed by atoms with van der Waals surface area (Å²) in [5.74, 6) is 0.358. The van der Waals surface area contributed by atoms with E-state index in [1.54, 1.807) is 12.1 Å². The van der Waals surface area contributed by atoms with Crippen molar-refractivity contribution in [1.82, 2.24) is 9.47 Å². The normalized spacial score (nSPS) is 17.7. The zero-order valence-corrected chi connectivity index (χ0v) is 16.1. The Balaban J connectivity index is 1.70. The zero-order chi connectivity index (χ0) is 18.8. The van der Waals surface area contributed by atoms with E-state index in [4.69, 9.17) is 0 Å². The van der Waals surface area contributed by atoms with Gasteiger partial charge >= 0.3 is 0 Å². The van der Waals surface area contributed by atoms with E-state index in [1.165, 1.54) is 16.8 Å². The van der Waals surface area contributed by atoms with Crippen LogP contribution in [0.15, 0.2) is 66.9 Å². The van der Waals surface area contributed by atoms with Gasteiger partial charge in [-0.1, -0.05) is 50.2 Å². The number of nitrogens with zero attached hydrogens (tertiary/aromatic N) is 2. The van der Waals surface area contributed by atoms with Crippen LogP contribution in [0.5, 0.6) is 0 Å². The van der Waals surface area contributed by atoms with Gasteiger partial charge in [0.15, 0.2) is 0 Å². The second-order valence-corrected chi connectivity index (χ2v) is 7.80. The van der Waals surface area contributed by atoms with Crippen LogP contribution in [-0.2, 0) is 13.1 Å². The van der Waals surface area contributed by atoms with E-state index < -0.39 is 0 Å². The average molecular weight is 362 g/mol. The average Bonchev–Trinajstić information content (AvgIpc) is 3.05. The molecular formula is C24H27FN2. The molecule has 27 heavy (non-hydrogen) atoms. The Morgan fingerprint density at radius 3 is 2.41 bits per heavy atom. The Labute approximate surface area is 161 Å². The lowest BCUT2D eigenvalue weighted by molar-refractivity contribution is 0.220. The molecule has 1 aliphatic heterocycles. The number of benzene rings is 2. The molecule has 2 nitrogen and oxygen atoms in total. The Kier molecular flexibility index (Phi) is 5.13. The molecule has 0 saturated carbocycles. The van der Waals surface area contributed by atoms with Gasteiger partial charge < -0.3 is 4.57 Å². The van der Waals surface area contributed by atoms with Crippen molar-refractivity contribution in [3.63, 3.8) is 0 Å². The lowest BCUT2D eigenvalue weighted by atomic mass is 9.96.